The highest BCUT2D eigenvalue weighted by Crippen LogP contribution is 2.30. The highest BCUT2D eigenvalue weighted by atomic mass is 32.2. The van der Waals surface area contributed by atoms with Gasteiger partial charge in [-0.25, -0.2) is 4.68 Å². The van der Waals surface area contributed by atoms with Crippen molar-refractivity contribution in [2.75, 3.05) is 0 Å². The minimum absolute atomic E-state index is 0.150. The summed E-state index contributed by atoms with van der Waals surface area (Å²) in [6, 6.07) is 16.0. The number of nitrogens with zero attached hydrogens (tertiary/aromatic N) is 2. The molecule has 1 aliphatic carbocycles. The zero-order chi connectivity index (χ0) is 18.1. The standard InChI is InChI=1S/C20H18N2OS3/c1-13(18(23)16-11-10-14-6-5-7-15(14)12-16)25-19-21-22(20(24)26-19)17-8-3-2-4-9-17/h2-4,8-13H,5-7H2,1H3/t13-/m0/s1. The van der Waals surface area contributed by atoms with Gasteiger partial charge in [0.05, 0.1) is 10.9 Å². The number of carbonyl (C=O) groups is 1. The topological polar surface area (TPSA) is 34.9 Å². The molecule has 1 atom stereocenters. The molecule has 3 nitrogen and oxygen atoms in total. The van der Waals surface area contributed by atoms with Gasteiger partial charge in [-0.15, -0.1) is 5.10 Å². The first-order chi connectivity index (χ1) is 12.6. The minimum Gasteiger partial charge on any atom is -0.293 e. The lowest BCUT2D eigenvalue weighted by Gasteiger charge is -2.09. The lowest BCUT2D eigenvalue weighted by Crippen LogP contribution is -2.13. The van der Waals surface area contributed by atoms with Gasteiger partial charge in [0.25, 0.3) is 0 Å². The molecule has 0 N–H and O–H groups in total. The molecule has 0 bridgehead atoms. The van der Waals surface area contributed by atoms with Crippen LogP contribution in [0.1, 0.15) is 34.8 Å². The van der Waals surface area contributed by atoms with Crippen LogP contribution in [0.4, 0.5) is 0 Å². The zero-order valence-electron chi connectivity index (χ0n) is 14.3. The quantitative estimate of drug-likeness (QED) is 0.322. The van der Waals surface area contributed by atoms with E-state index in [1.165, 1.54) is 40.6 Å². The molecule has 6 heteroatoms. The molecular formula is C20H18N2OS3. The number of ketones is 1. The molecule has 2 aromatic carbocycles. The van der Waals surface area contributed by atoms with E-state index in [2.05, 4.69) is 17.2 Å². The molecule has 0 saturated heterocycles. The molecular weight excluding hydrogens is 380 g/mol. The van der Waals surface area contributed by atoms with Crippen LogP contribution in [0.5, 0.6) is 0 Å². The molecule has 0 amide bonds. The van der Waals surface area contributed by atoms with Gasteiger partial charge in [0.1, 0.15) is 0 Å². The van der Waals surface area contributed by atoms with Gasteiger partial charge in [-0.1, -0.05) is 53.4 Å². The summed E-state index contributed by atoms with van der Waals surface area (Å²) < 4.78 is 3.27. The fourth-order valence-electron chi connectivity index (χ4n) is 3.21. The molecule has 0 fully saturated rings. The van der Waals surface area contributed by atoms with Crippen LogP contribution < -0.4 is 0 Å². The fourth-order valence-corrected chi connectivity index (χ4v) is 5.79. The predicted molar refractivity (Wildman–Crippen MR) is 110 cm³/mol. The smallest absolute Gasteiger partial charge is 0.184 e. The van der Waals surface area contributed by atoms with E-state index in [9.17, 15) is 4.79 Å². The van der Waals surface area contributed by atoms with Crippen molar-refractivity contribution in [1.29, 1.82) is 0 Å². The molecule has 4 rings (SSSR count). The SMILES string of the molecule is C[C@H](Sc1nn(-c2ccccc2)c(=S)s1)C(=O)c1ccc2c(c1)CCC2. The molecule has 0 spiro atoms. The number of Topliss-reactive ketones (excluding diaryl/α,β-unsaturated/α-hetero) is 1. The first-order valence-corrected chi connectivity index (χ1v) is 10.7. The highest BCUT2D eigenvalue weighted by molar-refractivity contribution is 8.02. The Bertz CT molecular complexity index is 1010. The molecule has 3 aromatic rings. The number of hydrogen-bond donors (Lipinski definition) is 0. The van der Waals surface area contributed by atoms with Gasteiger partial charge in [0.2, 0.25) is 0 Å². The molecule has 0 radical (unpaired) electrons. The van der Waals surface area contributed by atoms with Crippen molar-refractivity contribution in [2.24, 2.45) is 0 Å². The maximum atomic E-state index is 12.8. The number of carbonyl (C=O) groups excluding carboxylic acids is 1. The summed E-state index contributed by atoms with van der Waals surface area (Å²) in [5.74, 6) is 0.150. The normalized spacial score (nSPS) is 14.2. The third-order valence-electron chi connectivity index (χ3n) is 4.56. The second kappa shape index (κ2) is 7.47. The molecule has 0 aliphatic heterocycles. The Morgan fingerprint density at radius 3 is 2.77 bits per heavy atom. The largest absolute Gasteiger partial charge is 0.293 e. The average molecular weight is 399 g/mol. The van der Waals surface area contributed by atoms with E-state index in [-0.39, 0.29) is 11.0 Å². The molecule has 1 aromatic heterocycles. The summed E-state index contributed by atoms with van der Waals surface area (Å²) in [6.45, 7) is 1.94. The number of para-hydroxylation sites is 1. The number of aryl methyl sites for hydroxylation is 2. The number of rotatable bonds is 5. The van der Waals surface area contributed by atoms with E-state index in [0.717, 1.165) is 28.4 Å². The van der Waals surface area contributed by atoms with Crippen LogP contribution in [0, 0.1) is 3.95 Å². The van der Waals surface area contributed by atoms with Crippen molar-refractivity contribution in [3.05, 3.63) is 69.2 Å². The maximum Gasteiger partial charge on any atom is 0.184 e. The van der Waals surface area contributed by atoms with Gasteiger partial charge in [-0.2, -0.15) is 0 Å². The second-order valence-electron chi connectivity index (χ2n) is 6.34. The van der Waals surface area contributed by atoms with Crippen LogP contribution in [0.15, 0.2) is 52.9 Å². The third-order valence-corrected chi connectivity index (χ3v) is 6.98. The maximum absolute atomic E-state index is 12.8. The Kier molecular flexibility index (Phi) is 5.07. The Hall–Kier alpha value is -1.76. The summed E-state index contributed by atoms with van der Waals surface area (Å²) in [7, 11) is 0. The van der Waals surface area contributed by atoms with Gasteiger partial charge in [0.15, 0.2) is 14.1 Å². The van der Waals surface area contributed by atoms with Crippen molar-refractivity contribution in [2.45, 2.75) is 35.8 Å². The second-order valence-corrected chi connectivity index (χ2v) is 9.55. The van der Waals surface area contributed by atoms with E-state index < -0.39 is 0 Å². The lowest BCUT2D eigenvalue weighted by atomic mass is 10.0. The third kappa shape index (κ3) is 3.54. The van der Waals surface area contributed by atoms with Crippen LogP contribution >= 0.6 is 35.3 Å². The monoisotopic (exact) mass is 398 g/mol. The van der Waals surface area contributed by atoms with Crippen molar-refractivity contribution in [3.8, 4) is 5.69 Å². The number of benzene rings is 2. The minimum atomic E-state index is -0.195. The predicted octanol–water partition coefficient (Wildman–Crippen LogP) is 5.52. The Morgan fingerprint density at radius 1 is 1.19 bits per heavy atom. The summed E-state index contributed by atoms with van der Waals surface area (Å²) in [6.07, 6.45) is 3.41. The Morgan fingerprint density at radius 2 is 1.96 bits per heavy atom. The molecule has 132 valence electrons. The van der Waals surface area contributed by atoms with Gasteiger partial charge >= 0.3 is 0 Å². The van der Waals surface area contributed by atoms with E-state index in [4.69, 9.17) is 12.2 Å². The molecule has 26 heavy (non-hydrogen) atoms. The number of aromatic nitrogens is 2. The molecule has 0 unspecified atom stereocenters. The van der Waals surface area contributed by atoms with Crippen molar-refractivity contribution in [1.82, 2.24) is 9.78 Å². The summed E-state index contributed by atoms with van der Waals surface area (Å²) in [5, 5.41) is 4.40. The van der Waals surface area contributed by atoms with Crippen molar-refractivity contribution < 1.29 is 4.79 Å². The van der Waals surface area contributed by atoms with E-state index in [1.54, 1.807) is 4.68 Å². The summed E-state index contributed by atoms with van der Waals surface area (Å²) >= 11 is 8.37. The number of fused-ring (bicyclic) bond motifs is 1. The number of thioether (sulfide) groups is 1. The van der Waals surface area contributed by atoms with Crippen LogP contribution in [-0.2, 0) is 12.8 Å². The first kappa shape index (κ1) is 17.6. The van der Waals surface area contributed by atoms with Crippen LogP contribution in [0.2, 0.25) is 0 Å². The van der Waals surface area contributed by atoms with E-state index in [1.807, 2.05) is 43.3 Å². The summed E-state index contributed by atoms with van der Waals surface area (Å²) in [4.78, 5) is 12.8. The van der Waals surface area contributed by atoms with Gasteiger partial charge in [-0.3, -0.25) is 4.79 Å². The van der Waals surface area contributed by atoms with Crippen LogP contribution in [0.3, 0.4) is 0 Å². The van der Waals surface area contributed by atoms with Crippen molar-refractivity contribution in [3.63, 3.8) is 0 Å². The van der Waals surface area contributed by atoms with Gasteiger partial charge in [0, 0.05) is 5.56 Å². The first-order valence-electron chi connectivity index (χ1n) is 8.60. The van der Waals surface area contributed by atoms with Gasteiger partial charge in [-0.05, 0) is 67.7 Å². The molecule has 0 saturated carbocycles. The Labute approximate surface area is 166 Å². The zero-order valence-corrected chi connectivity index (χ0v) is 16.8. The number of hydrogen-bond acceptors (Lipinski definition) is 5. The lowest BCUT2D eigenvalue weighted by molar-refractivity contribution is 0.0994. The van der Waals surface area contributed by atoms with E-state index in [0.29, 0.717) is 3.95 Å². The average Bonchev–Trinajstić information content (AvgIpc) is 3.27. The Balaban J connectivity index is 1.52. The molecule has 1 heterocycles. The molecule has 1 aliphatic rings. The summed E-state index contributed by atoms with van der Waals surface area (Å²) in [5.41, 5.74) is 4.47. The van der Waals surface area contributed by atoms with E-state index >= 15 is 0 Å². The van der Waals surface area contributed by atoms with Crippen LogP contribution in [0.25, 0.3) is 5.69 Å². The van der Waals surface area contributed by atoms with Gasteiger partial charge < -0.3 is 0 Å². The van der Waals surface area contributed by atoms with Crippen molar-refractivity contribution >= 4 is 41.1 Å². The fraction of sp³-hybridized carbons (Fsp3) is 0.250. The van der Waals surface area contributed by atoms with Crippen LogP contribution in [-0.4, -0.2) is 20.8 Å². The highest BCUT2D eigenvalue weighted by Gasteiger charge is 2.21.